The van der Waals surface area contributed by atoms with Crippen LogP contribution in [0.2, 0.25) is 0 Å². The van der Waals surface area contributed by atoms with E-state index in [2.05, 4.69) is 0 Å². The van der Waals surface area contributed by atoms with Gasteiger partial charge in [0.15, 0.2) is 0 Å². The molecule has 2 fully saturated rings. The smallest absolute Gasteiger partial charge is 0.410 e. The third-order valence-electron chi connectivity index (χ3n) is 2.52. The molecule has 5 heteroatoms. The molecule has 0 aromatic rings. The van der Waals surface area contributed by atoms with Crippen molar-refractivity contribution in [2.75, 3.05) is 26.3 Å². The zero-order valence-electron chi connectivity index (χ0n) is 10.1. The fraction of sp³-hybridized carbons (Fsp3) is 0.909. The fourth-order valence-corrected chi connectivity index (χ4v) is 1.66. The summed E-state index contributed by atoms with van der Waals surface area (Å²) in [7, 11) is 0. The predicted molar refractivity (Wildman–Crippen MR) is 57.3 cm³/mol. The van der Waals surface area contributed by atoms with Gasteiger partial charge in [0.2, 0.25) is 0 Å². The van der Waals surface area contributed by atoms with Gasteiger partial charge in [0, 0.05) is 6.54 Å². The standard InChI is InChI=1S/C11H19NO4/c1-11(2,3)16-10(13)12-4-5-14-8(6-12)9-7-15-9/h8-9H,4-7H2,1-3H3/t8?,9-/m0/s1. The first-order chi connectivity index (χ1) is 7.46. The van der Waals surface area contributed by atoms with E-state index in [1.165, 1.54) is 0 Å². The summed E-state index contributed by atoms with van der Waals surface area (Å²) in [4.78, 5) is 13.5. The second-order valence-corrected chi connectivity index (χ2v) is 5.21. The summed E-state index contributed by atoms with van der Waals surface area (Å²) in [6.45, 7) is 8.07. The maximum absolute atomic E-state index is 11.8. The molecule has 92 valence electrons. The normalized spacial score (nSPS) is 30.1. The molecule has 0 saturated carbocycles. The minimum atomic E-state index is -0.443. The van der Waals surface area contributed by atoms with Crippen molar-refractivity contribution in [2.45, 2.75) is 38.6 Å². The van der Waals surface area contributed by atoms with Crippen LogP contribution in [0.25, 0.3) is 0 Å². The lowest BCUT2D eigenvalue weighted by Crippen LogP contribution is -2.49. The van der Waals surface area contributed by atoms with Crippen molar-refractivity contribution >= 4 is 6.09 Å². The molecule has 5 nitrogen and oxygen atoms in total. The Morgan fingerprint density at radius 1 is 1.31 bits per heavy atom. The molecule has 0 N–H and O–H groups in total. The van der Waals surface area contributed by atoms with Gasteiger partial charge >= 0.3 is 6.09 Å². The van der Waals surface area contributed by atoms with Crippen molar-refractivity contribution in [3.63, 3.8) is 0 Å². The van der Waals surface area contributed by atoms with Gasteiger partial charge in [-0.05, 0) is 20.8 Å². The average Bonchev–Trinajstić information content (AvgIpc) is 2.98. The highest BCUT2D eigenvalue weighted by Gasteiger charge is 2.38. The third-order valence-corrected chi connectivity index (χ3v) is 2.52. The van der Waals surface area contributed by atoms with Crippen molar-refractivity contribution in [1.29, 1.82) is 0 Å². The molecular weight excluding hydrogens is 210 g/mol. The van der Waals surface area contributed by atoms with Gasteiger partial charge in [-0.15, -0.1) is 0 Å². The Labute approximate surface area is 95.6 Å². The van der Waals surface area contributed by atoms with E-state index in [1.807, 2.05) is 20.8 Å². The lowest BCUT2D eigenvalue weighted by atomic mass is 10.2. The van der Waals surface area contributed by atoms with E-state index in [4.69, 9.17) is 14.2 Å². The fourth-order valence-electron chi connectivity index (χ4n) is 1.66. The maximum Gasteiger partial charge on any atom is 0.410 e. The number of rotatable bonds is 1. The van der Waals surface area contributed by atoms with Gasteiger partial charge in [0.05, 0.1) is 19.8 Å². The quantitative estimate of drug-likeness (QED) is 0.630. The number of carbonyl (C=O) groups is 1. The number of hydrogen-bond acceptors (Lipinski definition) is 4. The number of morpholine rings is 1. The van der Waals surface area contributed by atoms with E-state index in [0.717, 1.165) is 6.61 Å². The summed E-state index contributed by atoms with van der Waals surface area (Å²) in [5.74, 6) is 0. The Kier molecular flexibility index (Phi) is 3.08. The van der Waals surface area contributed by atoms with Gasteiger partial charge in [-0.3, -0.25) is 0 Å². The number of ether oxygens (including phenoxy) is 3. The molecule has 2 atom stereocenters. The highest BCUT2D eigenvalue weighted by atomic mass is 16.6. The Morgan fingerprint density at radius 3 is 2.56 bits per heavy atom. The van der Waals surface area contributed by atoms with Crippen molar-refractivity contribution in [3.8, 4) is 0 Å². The second kappa shape index (κ2) is 4.22. The van der Waals surface area contributed by atoms with E-state index >= 15 is 0 Å². The maximum atomic E-state index is 11.8. The van der Waals surface area contributed by atoms with Gasteiger partial charge in [0.25, 0.3) is 0 Å². The summed E-state index contributed by atoms with van der Waals surface area (Å²) in [6.07, 6.45) is -0.0760. The van der Waals surface area contributed by atoms with Crippen LogP contribution in [0.5, 0.6) is 0 Å². The molecule has 2 heterocycles. The molecule has 1 amide bonds. The van der Waals surface area contributed by atoms with Crippen LogP contribution in [-0.4, -0.2) is 55.1 Å². The highest BCUT2D eigenvalue weighted by molar-refractivity contribution is 5.68. The molecule has 2 saturated heterocycles. The second-order valence-electron chi connectivity index (χ2n) is 5.21. The summed E-state index contributed by atoms with van der Waals surface area (Å²) in [5, 5.41) is 0. The summed E-state index contributed by atoms with van der Waals surface area (Å²) in [6, 6.07) is 0. The molecule has 2 aliphatic rings. The molecule has 0 aliphatic carbocycles. The first kappa shape index (κ1) is 11.7. The van der Waals surface area contributed by atoms with E-state index < -0.39 is 5.60 Å². The topological polar surface area (TPSA) is 51.3 Å². The van der Waals surface area contributed by atoms with Crippen LogP contribution in [0.1, 0.15) is 20.8 Å². The van der Waals surface area contributed by atoms with Crippen molar-refractivity contribution < 1.29 is 19.0 Å². The lowest BCUT2D eigenvalue weighted by Gasteiger charge is -2.33. The predicted octanol–water partition coefficient (Wildman–Crippen LogP) is 1.02. The molecule has 0 aromatic heterocycles. The minimum absolute atomic E-state index is 0.0151. The molecule has 2 aliphatic heterocycles. The number of hydrogen-bond donors (Lipinski definition) is 0. The monoisotopic (exact) mass is 229 g/mol. The van der Waals surface area contributed by atoms with Crippen LogP contribution in [0, 0.1) is 0 Å². The zero-order valence-corrected chi connectivity index (χ0v) is 10.1. The van der Waals surface area contributed by atoms with Gasteiger partial charge in [-0.1, -0.05) is 0 Å². The Hall–Kier alpha value is -0.810. The summed E-state index contributed by atoms with van der Waals surface area (Å²) in [5.41, 5.74) is -0.443. The first-order valence-electron chi connectivity index (χ1n) is 5.67. The van der Waals surface area contributed by atoms with Gasteiger partial charge in [-0.25, -0.2) is 4.79 Å². The van der Waals surface area contributed by atoms with E-state index in [0.29, 0.717) is 19.7 Å². The van der Waals surface area contributed by atoms with Crippen LogP contribution in [0.4, 0.5) is 4.79 Å². The van der Waals surface area contributed by atoms with Crippen molar-refractivity contribution in [3.05, 3.63) is 0 Å². The van der Waals surface area contributed by atoms with Crippen LogP contribution < -0.4 is 0 Å². The van der Waals surface area contributed by atoms with E-state index in [1.54, 1.807) is 4.90 Å². The Balaban J connectivity index is 1.86. The number of epoxide rings is 1. The molecular formula is C11H19NO4. The molecule has 0 radical (unpaired) electrons. The molecule has 0 bridgehead atoms. The zero-order chi connectivity index (χ0) is 11.8. The SMILES string of the molecule is CC(C)(C)OC(=O)N1CCOC([C@@H]2CO2)C1. The minimum Gasteiger partial charge on any atom is -0.444 e. The third kappa shape index (κ3) is 3.09. The number of amides is 1. The van der Waals surface area contributed by atoms with Crippen LogP contribution in [0.15, 0.2) is 0 Å². The van der Waals surface area contributed by atoms with Gasteiger partial charge in [-0.2, -0.15) is 0 Å². The van der Waals surface area contributed by atoms with Gasteiger partial charge < -0.3 is 19.1 Å². The van der Waals surface area contributed by atoms with Crippen LogP contribution in [-0.2, 0) is 14.2 Å². The molecule has 0 spiro atoms. The van der Waals surface area contributed by atoms with E-state index in [-0.39, 0.29) is 18.3 Å². The Bertz CT molecular complexity index is 270. The van der Waals surface area contributed by atoms with Crippen LogP contribution in [0.3, 0.4) is 0 Å². The average molecular weight is 229 g/mol. The molecule has 0 aromatic carbocycles. The lowest BCUT2D eigenvalue weighted by molar-refractivity contribution is -0.0504. The van der Waals surface area contributed by atoms with Crippen molar-refractivity contribution in [1.82, 2.24) is 4.90 Å². The molecule has 16 heavy (non-hydrogen) atoms. The van der Waals surface area contributed by atoms with E-state index in [9.17, 15) is 4.79 Å². The summed E-state index contributed by atoms with van der Waals surface area (Å²) >= 11 is 0. The highest BCUT2D eigenvalue weighted by Crippen LogP contribution is 2.21. The largest absolute Gasteiger partial charge is 0.444 e. The number of carbonyl (C=O) groups excluding carboxylic acids is 1. The van der Waals surface area contributed by atoms with Crippen molar-refractivity contribution in [2.24, 2.45) is 0 Å². The first-order valence-corrected chi connectivity index (χ1v) is 5.67. The molecule has 2 rings (SSSR count). The molecule has 1 unspecified atom stereocenters. The Morgan fingerprint density at radius 2 is 2.00 bits per heavy atom. The van der Waals surface area contributed by atoms with Gasteiger partial charge in [0.1, 0.15) is 17.8 Å². The van der Waals surface area contributed by atoms with Crippen LogP contribution >= 0.6 is 0 Å². The number of nitrogens with zero attached hydrogens (tertiary/aromatic N) is 1. The summed E-state index contributed by atoms with van der Waals surface area (Å²) < 4.78 is 16.0.